The molecule has 0 aromatic carbocycles. The van der Waals surface area contributed by atoms with Crippen LogP contribution in [0, 0.1) is 11.8 Å². The summed E-state index contributed by atoms with van der Waals surface area (Å²) in [4.78, 5) is 12.1. The van der Waals surface area contributed by atoms with Crippen LogP contribution in [0.2, 0.25) is 0 Å². The molecule has 1 heterocycles. The van der Waals surface area contributed by atoms with Gasteiger partial charge in [0.1, 0.15) is 0 Å². The molecule has 2 unspecified atom stereocenters. The Labute approximate surface area is 99.4 Å². The van der Waals surface area contributed by atoms with Gasteiger partial charge >= 0.3 is 0 Å². The topological polar surface area (TPSA) is 41.1 Å². The van der Waals surface area contributed by atoms with Gasteiger partial charge < -0.3 is 10.6 Å². The van der Waals surface area contributed by atoms with Crippen LogP contribution < -0.4 is 10.6 Å². The first kappa shape index (κ1) is 13.5. The number of rotatable bonds is 4. The maximum Gasteiger partial charge on any atom is 0.223 e. The molecule has 0 aromatic rings. The van der Waals surface area contributed by atoms with Crippen LogP contribution in [-0.4, -0.2) is 24.5 Å². The van der Waals surface area contributed by atoms with E-state index in [2.05, 4.69) is 31.4 Å². The van der Waals surface area contributed by atoms with E-state index in [0.717, 1.165) is 32.4 Å². The molecule has 2 N–H and O–H groups in total. The summed E-state index contributed by atoms with van der Waals surface area (Å²) in [5.41, 5.74) is -0.00150. The van der Waals surface area contributed by atoms with Crippen molar-refractivity contribution in [1.29, 1.82) is 0 Å². The third-order valence-corrected chi connectivity index (χ3v) is 3.95. The summed E-state index contributed by atoms with van der Waals surface area (Å²) in [6.07, 6.45) is 3.27. The molecular formula is C13H26N2O. The van der Waals surface area contributed by atoms with E-state index in [4.69, 9.17) is 0 Å². The van der Waals surface area contributed by atoms with Crippen LogP contribution in [0.4, 0.5) is 0 Å². The largest absolute Gasteiger partial charge is 0.349 e. The van der Waals surface area contributed by atoms with Crippen molar-refractivity contribution in [3.8, 4) is 0 Å². The third kappa shape index (κ3) is 3.21. The van der Waals surface area contributed by atoms with Crippen LogP contribution in [-0.2, 0) is 4.79 Å². The van der Waals surface area contributed by atoms with Gasteiger partial charge in [0.05, 0.1) is 5.54 Å². The van der Waals surface area contributed by atoms with Crippen LogP contribution in [0.3, 0.4) is 0 Å². The van der Waals surface area contributed by atoms with Crippen LogP contribution in [0.15, 0.2) is 0 Å². The van der Waals surface area contributed by atoms with Crippen LogP contribution >= 0.6 is 0 Å². The molecule has 1 saturated heterocycles. The molecule has 0 saturated carbocycles. The molecule has 0 bridgehead atoms. The van der Waals surface area contributed by atoms with Crippen LogP contribution in [0.25, 0.3) is 0 Å². The average Bonchev–Trinajstić information content (AvgIpc) is 2.29. The highest BCUT2D eigenvalue weighted by molar-refractivity contribution is 5.79. The zero-order valence-electron chi connectivity index (χ0n) is 11.1. The van der Waals surface area contributed by atoms with E-state index < -0.39 is 0 Å². The maximum absolute atomic E-state index is 12.1. The van der Waals surface area contributed by atoms with E-state index >= 15 is 0 Å². The first-order valence-electron chi connectivity index (χ1n) is 6.53. The van der Waals surface area contributed by atoms with E-state index in [1.807, 2.05) is 6.92 Å². The van der Waals surface area contributed by atoms with Gasteiger partial charge in [-0.15, -0.1) is 0 Å². The molecule has 3 nitrogen and oxygen atoms in total. The Balaban J connectivity index is 2.58. The van der Waals surface area contributed by atoms with Gasteiger partial charge in [-0.05, 0) is 31.7 Å². The molecule has 2 atom stereocenters. The zero-order chi connectivity index (χ0) is 12.2. The first-order valence-corrected chi connectivity index (χ1v) is 6.53. The molecule has 0 aliphatic carbocycles. The van der Waals surface area contributed by atoms with Crippen LogP contribution in [0.1, 0.15) is 47.0 Å². The minimum atomic E-state index is -0.00150. The lowest BCUT2D eigenvalue weighted by molar-refractivity contribution is -0.128. The Hall–Kier alpha value is -0.570. The van der Waals surface area contributed by atoms with Crippen molar-refractivity contribution in [1.82, 2.24) is 10.6 Å². The molecule has 1 aliphatic rings. The molecule has 0 spiro atoms. The van der Waals surface area contributed by atoms with Gasteiger partial charge in [-0.25, -0.2) is 0 Å². The van der Waals surface area contributed by atoms with Gasteiger partial charge in [-0.2, -0.15) is 0 Å². The maximum atomic E-state index is 12.1. The summed E-state index contributed by atoms with van der Waals surface area (Å²) >= 11 is 0. The molecule has 0 aromatic heterocycles. The van der Waals surface area contributed by atoms with Crippen LogP contribution in [0.5, 0.6) is 0 Å². The predicted octanol–water partition coefficient (Wildman–Crippen LogP) is 1.93. The lowest BCUT2D eigenvalue weighted by atomic mass is 9.86. The van der Waals surface area contributed by atoms with Gasteiger partial charge in [-0.1, -0.05) is 27.7 Å². The number of carbonyl (C=O) groups excluding carboxylic acids is 1. The molecule has 1 rings (SSSR count). The zero-order valence-corrected chi connectivity index (χ0v) is 11.1. The van der Waals surface area contributed by atoms with Gasteiger partial charge in [-0.3, -0.25) is 4.79 Å². The quantitative estimate of drug-likeness (QED) is 0.769. The van der Waals surface area contributed by atoms with Crippen molar-refractivity contribution in [2.45, 2.75) is 52.5 Å². The SMILES string of the molecule is CCC1(NC(=O)C(C)C(C)C)CCCNC1. The third-order valence-electron chi connectivity index (χ3n) is 3.95. The summed E-state index contributed by atoms with van der Waals surface area (Å²) in [6.45, 7) is 10.4. The molecule has 1 fully saturated rings. The summed E-state index contributed by atoms with van der Waals surface area (Å²) in [7, 11) is 0. The number of hydrogen-bond acceptors (Lipinski definition) is 2. The predicted molar refractivity (Wildman–Crippen MR) is 67.3 cm³/mol. The Morgan fingerprint density at radius 3 is 2.56 bits per heavy atom. The fourth-order valence-electron chi connectivity index (χ4n) is 2.14. The van der Waals surface area contributed by atoms with Crippen molar-refractivity contribution in [2.24, 2.45) is 11.8 Å². The fraction of sp³-hybridized carbons (Fsp3) is 0.923. The molecule has 1 amide bonds. The average molecular weight is 226 g/mol. The van der Waals surface area contributed by atoms with Gasteiger partial charge in [0, 0.05) is 12.5 Å². The van der Waals surface area contributed by atoms with E-state index in [1.165, 1.54) is 0 Å². The van der Waals surface area contributed by atoms with Crippen molar-refractivity contribution >= 4 is 5.91 Å². The Morgan fingerprint density at radius 1 is 1.44 bits per heavy atom. The number of amides is 1. The monoisotopic (exact) mass is 226 g/mol. The highest BCUT2D eigenvalue weighted by Gasteiger charge is 2.33. The van der Waals surface area contributed by atoms with Crippen molar-refractivity contribution < 1.29 is 4.79 Å². The molecule has 0 radical (unpaired) electrons. The van der Waals surface area contributed by atoms with Crippen molar-refractivity contribution in [3.63, 3.8) is 0 Å². The van der Waals surface area contributed by atoms with Gasteiger partial charge in [0.2, 0.25) is 5.91 Å². The minimum absolute atomic E-state index is 0.00150. The normalized spacial score (nSPS) is 27.8. The smallest absolute Gasteiger partial charge is 0.223 e. The second-order valence-corrected chi connectivity index (χ2v) is 5.44. The Kier molecular flexibility index (Phi) is 4.78. The minimum Gasteiger partial charge on any atom is -0.349 e. The number of hydrogen-bond donors (Lipinski definition) is 2. The Bertz CT molecular complexity index is 232. The standard InChI is InChI=1S/C13H26N2O/c1-5-13(7-6-8-14-9-13)15-12(16)11(4)10(2)3/h10-11,14H,5-9H2,1-4H3,(H,15,16). The number of carbonyl (C=O) groups is 1. The molecule has 1 aliphatic heterocycles. The second-order valence-electron chi connectivity index (χ2n) is 5.44. The highest BCUT2D eigenvalue weighted by Crippen LogP contribution is 2.21. The fourth-order valence-corrected chi connectivity index (χ4v) is 2.14. The molecule has 94 valence electrons. The van der Waals surface area contributed by atoms with Gasteiger partial charge in [0.25, 0.3) is 0 Å². The summed E-state index contributed by atoms with van der Waals surface area (Å²) in [6, 6.07) is 0. The molecule has 16 heavy (non-hydrogen) atoms. The van der Waals surface area contributed by atoms with E-state index in [1.54, 1.807) is 0 Å². The second kappa shape index (κ2) is 5.67. The molecular weight excluding hydrogens is 200 g/mol. The first-order chi connectivity index (χ1) is 7.51. The Morgan fingerprint density at radius 2 is 2.12 bits per heavy atom. The summed E-state index contributed by atoms with van der Waals surface area (Å²) < 4.78 is 0. The van der Waals surface area contributed by atoms with E-state index in [-0.39, 0.29) is 17.4 Å². The highest BCUT2D eigenvalue weighted by atomic mass is 16.2. The van der Waals surface area contributed by atoms with Crippen molar-refractivity contribution in [3.05, 3.63) is 0 Å². The van der Waals surface area contributed by atoms with Crippen molar-refractivity contribution in [2.75, 3.05) is 13.1 Å². The molecule has 3 heteroatoms. The number of piperidine rings is 1. The van der Waals surface area contributed by atoms with Gasteiger partial charge in [0.15, 0.2) is 0 Å². The summed E-state index contributed by atoms with van der Waals surface area (Å²) in [5.74, 6) is 0.719. The van der Waals surface area contributed by atoms with E-state index in [9.17, 15) is 4.79 Å². The lowest BCUT2D eigenvalue weighted by Gasteiger charge is -2.38. The summed E-state index contributed by atoms with van der Waals surface area (Å²) in [5, 5.41) is 6.65. The lowest BCUT2D eigenvalue weighted by Crippen LogP contribution is -2.58. The number of nitrogens with one attached hydrogen (secondary N) is 2. The van der Waals surface area contributed by atoms with E-state index in [0.29, 0.717) is 5.92 Å².